The van der Waals surface area contributed by atoms with E-state index in [4.69, 9.17) is 10.5 Å². The van der Waals surface area contributed by atoms with Gasteiger partial charge >= 0.3 is 0 Å². The summed E-state index contributed by atoms with van der Waals surface area (Å²) >= 11 is 1.72. The normalized spacial score (nSPS) is 11.2. The van der Waals surface area contributed by atoms with Crippen LogP contribution in [0.1, 0.15) is 21.1 Å². The van der Waals surface area contributed by atoms with Crippen LogP contribution in [0.15, 0.2) is 29.3 Å². The third kappa shape index (κ3) is 6.08. The average Bonchev–Trinajstić information content (AvgIpc) is 2.80. The number of nitrogens with zero attached hydrogens (tertiary/aromatic N) is 2. The van der Waals surface area contributed by atoms with Gasteiger partial charge in [0, 0.05) is 36.2 Å². The van der Waals surface area contributed by atoms with Crippen molar-refractivity contribution in [1.82, 2.24) is 4.98 Å². The summed E-state index contributed by atoms with van der Waals surface area (Å²) < 4.78 is 5.18. The van der Waals surface area contributed by atoms with Gasteiger partial charge in [-0.25, -0.2) is 4.98 Å². The van der Waals surface area contributed by atoms with Crippen molar-refractivity contribution in [2.24, 2.45) is 10.7 Å². The van der Waals surface area contributed by atoms with Crippen LogP contribution in [0, 0.1) is 13.8 Å². The number of nitrogens with two attached hydrogens (primary N) is 1. The molecule has 0 atom stereocenters. The molecule has 126 valence electrons. The number of rotatable bonds is 6. The Bertz CT molecular complexity index is 638. The Hall–Kier alpha value is -1.19. The van der Waals surface area contributed by atoms with Gasteiger partial charge in [-0.05, 0) is 19.9 Å². The fourth-order valence-corrected chi connectivity index (χ4v) is 2.94. The van der Waals surface area contributed by atoms with E-state index in [0.717, 1.165) is 28.4 Å². The van der Waals surface area contributed by atoms with Gasteiger partial charge in [0.15, 0.2) is 5.96 Å². The van der Waals surface area contributed by atoms with Crippen LogP contribution in [-0.4, -0.2) is 24.6 Å². The van der Waals surface area contributed by atoms with Crippen molar-refractivity contribution in [1.29, 1.82) is 0 Å². The standard InChI is InChI=1S/C16H22N4OS.HI/c1-11-12(2)22-15(19-11)8-9-18-16(17)20-14-7-5-4-6-13(14)10-21-3;/h4-7H,8-10H2,1-3H3,(H3,17,18,20);1H. The van der Waals surface area contributed by atoms with Crippen molar-refractivity contribution < 1.29 is 4.74 Å². The summed E-state index contributed by atoms with van der Waals surface area (Å²) in [5.41, 5.74) is 9.02. The van der Waals surface area contributed by atoms with Gasteiger partial charge in [-0.15, -0.1) is 35.3 Å². The maximum Gasteiger partial charge on any atom is 0.193 e. The molecule has 0 saturated heterocycles. The summed E-state index contributed by atoms with van der Waals surface area (Å²) in [6.07, 6.45) is 0.807. The lowest BCUT2D eigenvalue weighted by Crippen LogP contribution is -2.23. The highest BCUT2D eigenvalue weighted by Gasteiger charge is 2.04. The number of aromatic nitrogens is 1. The summed E-state index contributed by atoms with van der Waals surface area (Å²) in [5, 5.41) is 4.23. The highest BCUT2D eigenvalue weighted by molar-refractivity contribution is 14.0. The monoisotopic (exact) mass is 446 g/mol. The number of halogens is 1. The molecule has 0 unspecified atom stereocenters. The first-order valence-corrected chi connectivity index (χ1v) is 7.98. The van der Waals surface area contributed by atoms with Crippen molar-refractivity contribution in [2.75, 3.05) is 19.0 Å². The molecule has 1 heterocycles. The third-order valence-corrected chi connectivity index (χ3v) is 4.39. The smallest absolute Gasteiger partial charge is 0.193 e. The van der Waals surface area contributed by atoms with Crippen LogP contribution in [0.2, 0.25) is 0 Å². The number of thiazole rings is 1. The number of ether oxygens (including phenoxy) is 1. The summed E-state index contributed by atoms with van der Waals surface area (Å²) in [6.45, 7) is 5.27. The van der Waals surface area contributed by atoms with E-state index >= 15 is 0 Å². The van der Waals surface area contributed by atoms with Crippen molar-refractivity contribution in [3.05, 3.63) is 45.4 Å². The largest absolute Gasteiger partial charge is 0.380 e. The van der Waals surface area contributed by atoms with E-state index < -0.39 is 0 Å². The SMILES string of the molecule is COCc1ccccc1NC(N)=NCCc1nc(C)c(C)s1.I. The number of nitrogens with one attached hydrogen (secondary N) is 1. The summed E-state index contributed by atoms with van der Waals surface area (Å²) in [4.78, 5) is 10.1. The second kappa shape index (κ2) is 9.84. The second-order valence-electron chi connectivity index (χ2n) is 4.98. The van der Waals surface area contributed by atoms with Gasteiger partial charge in [0.1, 0.15) is 0 Å². The fraction of sp³-hybridized carbons (Fsp3) is 0.375. The van der Waals surface area contributed by atoms with E-state index in [1.54, 1.807) is 18.4 Å². The van der Waals surface area contributed by atoms with Gasteiger partial charge in [-0.3, -0.25) is 4.99 Å². The number of hydrogen-bond acceptors (Lipinski definition) is 4. The third-order valence-electron chi connectivity index (χ3n) is 3.26. The number of anilines is 1. The lowest BCUT2D eigenvalue weighted by Gasteiger charge is -2.10. The zero-order valence-corrected chi connectivity index (χ0v) is 16.8. The minimum absolute atomic E-state index is 0. The van der Waals surface area contributed by atoms with Gasteiger partial charge in [-0.2, -0.15) is 0 Å². The molecule has 0 aliphatic heterocycles. The van der Waals surface area contributed by atoms with Gasteiger partial charge in [0.25, 0.3) is 0 Å². The first kappa shape index (κ1) is 19.9. The maximum absolute atomic E-state index is 5.95. The summed E-state index contributed by atoms with van der Waals surface area (Å²) in [7, 11) is 1.67. The molecule has 0 aliphatic carbocycles. The van der Waals surface area contributed by atoms with Gasteiger partial charge in [0.2, 0.25) is 0 Å². The highest BCUT2D eigenvalue weighted by Crippen LogP contribution is 2.17. The molecule has 0 radical (unpaired) electrons. The van der Waals surface area contributed by atoms with Crippen molar-refractivity contribution in [3.8, 4) is 0 Å². The number of para-hydroxylation sites is 1. The predicted molar refractivity (Wildman–Crippen MR) is 108 cm³/mol. The van der Waals surface area contributed by atoms with Crippen molar-refractivity contribution >= 4 is 47.0 Å². The quantitative estimate of drug-likeness (QED) is 0.405. The molecule has 0 spiro atoms. The molecule has 2 aromatic rings. The average molecular weight is 446 g/mol. The van der Waals surface area contributed by atoms with Crippen LogP contribution in [-0.2, 0) is 17.8 Å². The minimum atomic E-state index is 0. The Morgan fingerprint density at radius 3 is 2.74 bits per heavy atom. The van der Waals surface area contributed by atoms with Gasteiger partial charge in [0.05, 0.1) is 17.3 Å². The van der Waals surface area contributed by atoms with Gasteiger partial charge < -0.3 is 15.8 Å². The molecule has 2 rings (SSSR count). The van der Waals surface area contributed by atoms with E-state index in [9.17, 15) is 0 Å². The Labute approximate surface area is 158 Å². The zero-order valence-electron chi connectivity index (χ0n) is 13.6. The summed E-state index contributed by atoms with van der Waals surface area (Å²) in [6, 6.07) is 7.89. The molecule has 23 heavy (non-hydrogen) atoms. The van der Waals surface area contributed by atoms with E-state index in [-0.39, 0.29) is 24.0 Å². The van der Waals surface area contributed by atoms with Crippen LogP contribution < -0.4 is 11.1 Å². The number of guanidine groups is 1. The molecule has 0 amide bonds. The van der Waals surface area contributed by atoms with E-state index in [1.807, 2.05) is 31.2 Å². The number of aryl methyl sites for hydroxylation is 2. The van der Waals surface area contributed by atoms with Crippen LogP contribution in [0.25, 0.3) is 0 Å². The minimum Gasteiger partial charge on any atom is -0.380 e. The van der Waals surface area contributed by atoms with Crippen LogP contribution in [0.5, 0.6) is 0 Å². The van der Waals surface area contributed by atoms with Gasteiger partial charge in [-0.1, -0.05) is 18.2 Å². The fourth-order valence-electron chi connectivity index (χ4n) is 2.02. The van der Waals surface area contributed by atoms with Crippen LogP contribution >= 0.6 is 35.3 Å². The Morgan fingerprint density at radius 2 is 2.09 bits per heavy atom. The molecule has 0 bridgehead atoms. The van der Waals surface area contributed by atoms with E-state index in [2.05, 4.69) is 22.2 Å². The number of aliphatic imine (C=N–C) groups is 1. The molecule has 0 aliphatic rings. The van der Waals surface area contributed by atoms with Crippen molar-refractivity contribution in [2.45, 2.75) is 26.9 Å². The lowest BCUT2D eigenvalue weighted by atomic mass is 10.2. The highest BCUT2D eigenvalue weighted by atomic mass is 127. The molecule has 7 heteroatoms. The van der Waals surface area contributed by atoms with Crippen LogP contribution in [0.4, 0.5) is 5.69 Å². The summed E-state index contributed by atoms with van der Waals surface area (Å²) in [5.74, 6) is 0.411. The predicted octanol–water partition coefficient (Wildman–Crippen LogP) is 3.49. The Kier molecular flexibility index (Phi) is 8.49. The molecule has 3 N–H and O–H groups in total. The molecule has 5 nitrogen and oxygen atoms in total. The molecular formula is C16H23IN4OS. The topological polar surface area (TPSA) is 72.5 Å². The molecular weight excluding hydrogens is 423 g/mol. The number of methoxy groups -OCH3 is 1. The second-order valence-corrected chi connectivity index (χ2v) is 6.27. The van der Waals surface area contributed by atoms with E-state index in [0.29, 0.717) is 19.1 Å². The molecule has 1 aromatic carbocycles. The number of benzene rings is 1. The number of hydrogen-bond donors (Lipinski definition) is 2. The van der Waals surface area contributed by atoms with Crippen molar-refractivity contribution in [3.63, 3.8) is 0 Å². The first-order valence-electron chi connectivity index (χ1n) is 7.17. The maximum atomic E-state index is 5.95. The molecule has 0 saturated carbocycles. The lowest BCUT2D eigenvalue weighted by molar-refractivity contribution is 0.185. The first-order chi connectivity index (χ1) is 10.6. The Balaban J connectivity index is 0.00000264. The molecule has 1 aromatic heterocycles. The zero-order chi connectivity index (χ0) is 15.9. The molecule has 0 fully saturated rings. The Morgan fingerprint density at radius 1 is 1.35 bits per heavy atom. The van der Waals surface area contributed by atoms with E-state index in [1.165, 1.54) is 4.88 Å². The van der Waals surface area contributed by atoms with Crippen LogP contribution in [0.3, 0.4) is 0 Å².